The van der Waals surface area contributed by atoms with Crippen molar-refractivity contribution < 1.29 is 4.74 Å². The molecule has 5 nitrogen and oxygen atoms in total. The average molecular weight is 332 g/mol. The molecule has 0 atom stereocenters. The number of hydrogen-bond donors (Lipinski definition) is 1. The quantitative estimate of drug-likeness (QED) is 0.599. The van der Waals surface area contributed by atoms with Crippen molar-refractivity contribution in [3.8, 4) is 5.75 Å². The summed E-state index contributed by atoms with van der Waals surface area (Å²) >= 11 is 5.28. The molecule has 2 rings (SSSR count). The molecule has 0 saturated carbocycles. The van der Waals surface area contributed by atoms with E-state index in [0.29, 0.717) is 10.7 Å². The molecule has 2 aromatic rings. The zero-order chi connectivity index (χ0) is 16.8. The Kier molecular flexibility index (Phi) is 6.10. The van der Waals surface area contributed by atoms with E-state index >= 15 is 0 Å². The molecule has 6 heteroatoms. The Morgan fingerprint density at radius 2 is 1.91 bits per heavy atom. The molecule has 0 radical (unpaired) electrons. The molecule has 1 N–H and O–H groups in total. The van der Waals surface area contributed by atoms with Crippen molar-refractivity contribution in [1.82, 2.24) is 14.9 Å². The number of nitrogens with zero attached hydrogens (tertiary/aromatic N) is 3. The lowest BCUT2D eigenvalue weighted by Gasteiger charge is -2.10. The predicted octanol–water partition coefficient (Wildman–Crippen LogP) is 4.51. The van der Waals surface area contributed by atoms with Gasteiger partial charge in [-0.3, -0.25) is 5.10 Å². The van der Waals surface area contributed by atoms with Crippen molar-refractivity contribution in [3.63, 3.8) is 0 Å². The highest BCUT2D eigenvalue weighted by atomic mass is 32.1. The fourth-order valence-corrected chi connectivity index (χ4v) is 2.55. The second kappa shape index (κ2) is 8.06. The van der Waals surface area contributed by atoms with E-state index in [1.54, 1.807) is 10.9 Å². The number of aromatic nitrogens is 3. The van der Waals surface area contributed by atoms with Crippen LogP contribution in [0.15, 0.2) is 29.4 Å². The van der Waals surface area contributed by atoms with Crippen LogP contribution in [0.1, 0.15) is 57.8 Å². The van der Waals surface area contributed by atoms with Gasteiger partial charge in [-0.05, 0) is 68.7 Å². The van der Waals surface area contributed by atoms with Crippen LogP contribution in [0.2, 0.25) is 0 Å². The highest BCUT2D eigenvalue weighted by molar-refractivity contribution is 7.71. The van der Waals surface area contributed by atoms with E-state index in [2.05, 4.69) is 29.1 Å². The van der Waals surface area contributed by atoms with E-state index in [1.165, 1.54) is 0 Å². The van der Waals surface area contributed by atoms with E-state index in [1.807, 2.05) is 38.1 Å². The van der Waals surface area contributed by atoms with Gasteiger partial charge in [0, 0.05) is 5.92 Å². The summed E-state index contributed by atoms with van der Waals surface area (Å²) in [5.41, 5.74) is 0.986. The van der Waals surface area contributed by atoms with Crippen molar-refractivity contribution in [1.29, 1.82) is 0 Å². The van der Waals surface area contributed by atoms with Crippen molar-refractivity contribution in [2.45, 2.75) is 52.6 Å². The Bertz CT molecular complexity index is 696. The number of rotatable bonds is 7. The van der Waals surface area contributed by atoms with Gasteiger partial charge in [-0.15, -0.1) is 0 Å². The van der Waals surface area contributed by atoms with E-state index in [9.17, 15) is 0 Å². The number of ether oxygens (including phenoxy) is 1. The first kappa shape index (κ1) is 17.4. The van der Waals surface area contributed by atoms with Crippen LogP contribution in [0.3, 0.4) is 0 Å². The van der Waals surface area contributed by atoms with E-state index in [0.717, 1.165) is 30.0 Å². The van der Waals surface area contributed by atoms with Crippen LogP contribution < -0.4 is 4.74 Å². The lowest BCUT2D eigenvalue weighted by Crippen LogP contribution is -2.06. The molecule has 0 bridgehead atoms. The first-order chi connectivity index (χ1) is 11.0. The molecule has 0 aliphatic heterocycles. The highest BCUT2D eigenvalue weighted by Crippen LogP contribution is 2.21. The first-order valence-corrected chi connectivity index (χ1v) is 8.44. The minimum absolute atomic E-state index is 0.168. The van der Waals surface area contributed by atoms with Gasteiger partial charge in [0.15, 0.2) is 5.82 Å². The fourth-order valence-electron chi connectivity index (χ4n) is 2.36. The number of nitrogens with one attached hydrogen (secondary N) is 1. The van der Waals surface area contributed by atoms with Gasteiger partial charge in [0.2, 0.25) is 4.77 Å². The fraction of sp³-hybridized carbons (Fsp3) is 0.471. The summed E-state index contributed by atoms with van der Waals surface area (Å²) in [4.78, 5) is 0. The molecular formula is C17H24N4OS. The number of hydrogen-bond acceptors (Lipinski definition) is 4. The summed E-state index contributed by atoms with van der Waals surface area (Å²) < 4.78 is 7.87. The monoisotopic (exact) mass is 332 g/mol. The van der Waals surface area contributed by atoms with Crippen molar-refractivity contribution >= 4 is 18.4 Å². The minimum atomic E-state index is 0.168. The third kappa shape index (κ3) is 4.51. The van der Waals surface area contributed by atoms with Gasteiger partial charge in [-0.2, -0.15) is 14.9 Å². The summed E-state index contributed by atoms with van der Waals surface area (Å²) in [5.74, 6) is 2.09. The van der Waals surface area contributed by atoms with Crippen molar-refractivity contribution in [2.24, 2.45) is 5.10 Å². The molecule has 1 aromatic carbocycles. The predicted molar refractivity (Wildman–Crippen MR) is 95.9 cm³/mol. The molecule has 0 saturated heterocycles. The zero-order valence-electron chi connectivity index (χ0n) is 14.1. The second-order valence-electron chi connectivity index (χ2n) is 5.69. The zero-order valence-corrected chi connectivity index (χ0v) is 14.9. The molecule has 0 fully saturated rings. The molecule has 0 unspecified atom stereocenters. The maximum Gasteiger partial charge on any atom is 0.216 e. The maximum absolute atomic E-state index is 5.64. The van der Waals surface area contributed by atoms with Gasteiger partial charge >= 0.3 is 0 Å². The Morgan fingerprint density at radius 3 is 2.48 bits per heavy atom. The van der Waals surface area contributed by atoms with Gasteiger partial charge in [0.05, 0.1) is 12.3 Å². The van der Waals surface area contributed by atoms with Crippen LogP contribution in [0, 0.1) is 4.77 Å². The molecular weight excluding hydrogens is 308 g/mol. The normalized spacial score (nSPS) is 11.7. The lowest BCUT2D eigenvalue weighted by molar-refractivity contribution is 0.242. The molecule has 0 spiro atoms. The molecule has 23 heavy (non-hydrogen) atoms. The minimum Gasteiger partial charge on any atom is -0.491 e. The van der Waals surface area contributed by atoms with Crippen LogP contribution in [-0.4, -0.2) is 27.2 Å². The van der Waals surface area contributed by atoms with Crippen LogP contribution in [0.25, 0.3) is 0 Å². The number of aromatic amines is 1. The van der Waals surface area contributed by atoms with Gasteiger partial charge in [-0.1, -0.05) is 13.8 Å². The van der Waals surface area contributed by atoms with Crippen LogP contribution in [0.5, 0.6) is 5.75 Å². The Hall–Kier alpha value is -1.95. The maximum atomic E-state index is 5.64. The lowest BCUT2D eigenvalue weighted by atomic mass is 10.0. The summed E-state index contributed by atoms with van der Waals surface area (Å²) in [6.45, 7) is 8.31. The third-order valence-corrected chi connectivity index (χ3v) is 3.86. The summed E-state index contributed by atoms with van der Waals surface area (Å²) in [6, 6.07) is 7.83. The van der Waals surface area contributed by atoms with Crippen LogP contribution in [-0.2, 0) is 0 Å². The molecule has 1 aromatic heterocycles. The summed E-state index contributed by atoms with van der Waals surface area (Å²) in [6.07, 6.45) is 3.97. The molecule has 1 heterocycles. The van der Waals surface area contributed by atoms with Crippen LogP contribution >= 0.6 is 12.2 Å². The second-order valence-corrected chi connectivity index (χ2v) is 6.08. The van der Waals surface area contributed by atoms with E-state index in [-0.39, 0.29) is 6.10 Å². The largest absolute Gasteiger partial charge is 0.491 e. The van der Waals surface area contributed by atoms with E-state index < -0.39 is 0 Å². The van der Waals surface area contributed by atoms with Gasteiger partial charge in [0.25, 0.3) is 0 Å². The summed E-state index contributed by atoms with van der Waals surface area (Å²) in [5, 5.41) is 11.7. The molecule has 0 amide bonds. The standard InChI is InChI=1S/C17H24N4OS/c1-5-14(6-2)16-19-20-17(23)21(16)18-11-13-7-9-15(10-8-13)22-12(3)4/h7-12,14H,5-6H2,1-4H3,(H,20,23)/b18-11-. The molecule has 0 aliphatic carbocycles. The van der Waals surface area contributed by atoms with Crippen molar-refractivity contribution in [3.05, 3.63) is 40.4 Å². The van der Waals surface area contributed by atoms with Gasteiger partial charge in [-0.25, -0.2) is 0 Å². The van der Waals surface area contributed by atoms with Gasteiger partial charge in [0.1, 0.15) is 5.75 Å². The van der Waals surface area contributed by atoms with Gasteiger partial charge < -0.3 is 4.74 Å². The Labute approximate surface area is 142 Å². The Morgan fingerprint density at radius 1 is 1.26 bits per heavy atom. The summed E-state index contributed by atoms with van der Waals surface area (Å²) in [7, 11) is 0. The smallest absolute Gasteiger partial charge is 0.216 e. The Balaban J connectivity index is 2.20. The number of benzene rings is 1. The highest BCUT2D eigenvalue weighted by Gasteiger charge is 2.14. The van der Waals surface area contributed by atoms with Crippen LogP contribution in [0.4, 0.5) is 0 Å². The third-order valence-electron chi connectivity index (χ3n) is 3.60. The molecule has 124 valence electrons. The molecule has 0 aliphatic rings. The SMILES string of the molecule is CCC(CC)c1n[nH]c(=S)n1/N=C\c1ccc(OC(C)C)cc1. The topological polar surface area (TPSA) is 55.2 Å². The number of H-pyrrole nitrogens is 1. The first-order valence-electron chi connectivity index (χ1n) is 8.03. The van der Waals surface area contributed by atoms with E-state index in [4.69, 9.17) is 17.0 Å². The van der Waals surface area contributed by atoms with Crippen molar-refractivity contribution in [2.75, 3.05) is 0 Å². The average Bonchev–Trinajstić information content (AvgIpc) is 2.89.